The average molecular weight is 480 g/mol. The van der Waals surface area contributed by atoms with E-state index in [4.69, 9.17) is 5.73 Å². The molecule has 0 saturated heterocycles. The van der Waals surface area contributed by atoms with Crippen LogP contribution in [0.2, 0.25) is 0 Å². The maximum absolute atomic E-state index is 12.3. The largest absolute Gasteiger partial charge is 0.394 e. The van der Waals surface area contributed by atoms with Gasteiger partial charge in [0.25, 0.3) is 5.69 Å². The molecule has 1 aromatic heterocycles. The molecule has 0 aliphatic heterocycles. The Hall–Kier alpha value is -3.82. The Kier molecular flexibility index (Phi) is 6.85. The number of amides is 1. The van der Waals surface area contributed by atoms with Crippen LogP contribution in [0, 0.1) is 21.4 Å². The van der Waals surface area contributed by atoms with Crippen molar-refractivity contribution in [2.24, 2.45) is 5.73 Å². The molecule has 1 saturated carbocycles. The van der Waals surface area contributed by atoms with Gasteiger partial charge in [-0.15, -0.1) is 5.10 Å². The van der Waals surface area contributed by atoms with Gasteiger partial charge in [0.05, 0.1) is 35.3 Å². The van der Waals surface area contributed by atoms with Crippen LogP contribution in [0.5, 0.6) is 0 Å². The standard InChI is InChI=1S/C22H21N7O4S/c23-12-15-9-14(5-6-17(15)13-3-1-2-4-13)18-10-16(29(32)33)11-19(21(24)31)20(18)34-22-25-26-27-28(22)7-8-30/h5-6,9-11,13,30H,1-4,7-8H2,(H2,24,31). The van der Waals surface area contributed by atoms with Gasteiger partial charge in [0.1, 0.15) is 0 Å². The smallest absolute Gasteiger partial charge is 0.270 e. The molecule has 1 aliphatic rings. The normalized spacial score (nSPS) is 13.6. The highest BCUT2D eigenvalue weighted by Gasteiger charge is 2.25. The number of primary amides is 1. The molecule has 1 amide bonds. The molecule has 34 heavy (non-hydrogen) atoms. The average Bonchev–Trinajstić information content (AvgIpc) is 3.51. The molecule has 0 unspecified atom stereocenters. The van der Waals surface area contributed by atoms with Crippen LogP contribution in [0.25, 0.3) is 11.1 Å². The number of hydrogen-bond acceptors (Lipinski definition) is 9. The van der Waals surface area contributed by atoms with Crippen molar-refractivity contribution in [2.75, 3.05) is 6.61 Å². The lowest BCUT2D eigenvalue weighted by Crippen LogP contribution is -2.14. The molecule has 2 aromatic carbocycles. The third-order valence-electron chi connectivity index (χ3n) is 5.83. The van der Waals surface area contributed by atoms with Crippen molar-refractivity contribution in [3.05, 3.63) is 57.1 Å². The van der Waals surface area contributed by atoms with E-state index in [1.54, 1.807) is 12.1 Å². The quantitative estimate of drug-likeness (QED) is 0.363. The molecule has 0 radical (unpaired) electrons. The number of tetrazole rings is 1. The van der Waals surface area contributed by atoms with E-state index in [0.29, 0.717) is 27.5 Å². The predicted octanol–water partition coefficient (Wildman–Crippen LogP) is 3.02. The minimum atomic E-state index is -0.850. The molecule has 3 N–H and O–H groups in total. The third kappa shape index (κ3) is 4.61. The number of carbonyl (C=O) groups excluding carboxylic acids is 1. The first-order valence-electron chi connectivity index (χ1n) is 10.6. The van der Waals surface area contributed by atoms with Crippen LogP contribution in [-0.2, 0) is 6.54 Å². The van der Waals surface area contributed by atoms with Crippen molar-refractivity contribution in [2.45, 2.75) is 48.2 Å². The monoisotopic (exact) mass is 479 g/mol. The van der Waals surface area contributed by atoms with Gasteiger partial charge in [0.15, 0.2) is 0 Å². The second kappa shape index (κ2) is 9.98. The van der Waals surface area contributed by atoms with Crippen LogP contribution in [0.1, 0.15) is 53.1 Å². The Bertz CT molecular complexity index is 1290. The number of nitriles is 1. The van der Waals surface area contributed by atoms with Crippen molar-refractivity contribution < 1.29 is 14.8 Å². The van der Waals surface area contributed by atoms with E-state index in [1.165, 1.54) is 10.7 Å². The van der Waals surface area contributed by atoms with Gasteiger partial charge in [0, 0.05) is 22.6 Å². The van der Waals surface area contributed by atoms with Crippen LogP contribution in [0.15, 0.2) is 40.4 Å². The zero-order valence-corrected chi connectivity index (χ0v) is 18.9. The summed E-state index contributed by atoms with van der Waals surface area (Å²) in [6.45, 7) is -0.0826. The van der Waals surface area contributed by atoms with Crippen molar-refractivity contribution in [1.29, 1.82) is 5.26 Å². The number of nitro benzene ring substituents is 1. The van der Waals surface area contributed by atoms with E-state index in [0.717, 1.165) is 49.1 Å². The third-order valence-corrected chi connectivity index (χ3v) is 6.95. The maximum Gasteiger partial charge on any atom is 0.270 e. The highest BCUT2D eigenvalue weighted by atomic mass is 32.2. The molecule has 1 fully saturated rings. The number of benzene rings is 2. The number of aliphatic hydroxyl groups is 1. The molecular formula is C22H21N7O4S. The van der Waals surface area contributed by atoms with Crippen LogP contribution in [0.4, 0.5) is 5.69 Å². The topological polar surface area (TPSA) is 174 Å². The first-order valence-corrected chi connectivity index (χ1v) is 11.5. The first-order chi connectivity index (χ1) is 16.4. The Morgan fingerprint density at radius 3 is 2.74 bits per heavy atom. The van der Waals surface area contributed by atoms with Crippen LogP contribution < -0.4 is 5.73 Å². The number of aromatic nitrogens is 4. The fourth-order valence-corrected chi connectivity index (χ4v) is 5.29. The fraction of sp³-hybridized carbons (Fsp3) is 0.318. The lowest BCUT2D eigenvalue weighted by molar-refractivity contribution is -0.384. The maximum atomic E-state index is 12.3. The van der Waals surface area contributed by atoms with E-state index < -0.39 is 10.8 Å². The lowest BCUT2D eigenvalue weighted by Gasteiger charge is -2.16. The summed E-state index contributed by atoms with van der Waals surface area (Å²) in [5.41, 5.74) is 7.58. The number of non-ortho nitro benzene ring substituents is 1. The Labute approximate surface area is 198 Å². The van der Waals surface area contributed by atoms with Crippen molar-refractivity contribution in [3.63, 3.8) is 0 Å². The number of aliphatic hydroxyl groups excluding tert-OH is 1. The fourth-order valence-electron chi connectivity index (χ4n) is 4.24. The van der Waals surface area contributed by atoms with Crippen molar-refractivity contribution in [3.8, 4) is 17.2 Å². The van der Waals surface area contributed by atoms with Gasteiger partial charge >= 0.3 is 0 Å². The molecule has 3 aromatic rings. The summed E-state index contributed by atoms with van der Waals surface area (Å²) in [5, 5.41) is 42.3. The Balaban J connectivity index is 1.90. The van der Waals surface area contributed by atoms with E-state index >= 15 is 0 Å². The second-order valence-corrected chi connectivity index (χ2v) is 8.87. The minimum absolute atomic E-state index is 0.0638. The summed E-state index contributed by atoms with van der Waals surface area (Å²) in [7, 11) is 0. The van der Waals surface area contributed by atoms with Gasteiger partial charge in [-0.1, -0.05) is 25.0 Å². The predicted molar refractivity (Wildman–Crippen MR) is 122 cm³/mol. The molecule has 1 heterocycles. The Morgan fingerprint density at radius 1 is 1.32 bits per heavy atom. The molecule has 11 nitrogen and oxygen atoms in total. The second-order valence-electron chi connectivity index (χ2n) is 7.90. The lowest BCUT2D eigenvalue weighted by atomic mass is 9.90. The highest BCUT2D eigenvalue weighted by Crippen LogP contribution is 2.42. The molecule has 174 valence electrons. The zero-order chi connectivity index (χ0) is 24.2. The number of nitrogens with zero attached hydrogens (tertiary/aromatic N) is 6. The van der Waals surface area contributed by atoms with E-state index in [-0.39, 0.29) is 29.6 Å². The molecule has 0 atom stereocenters. The van der Waals surface area contributed by atoms with E-state index in [2.05, 4.69) is 21.6 Å². The number of nitrogens with two attached hydrogens (primary N) is 1. The molecule has 0 spiro atoms. The minimum Gasteiger partial charge on any atom is -0.394 e. The molecular weight excluding hydrogens is 458 g/mol. The van der Waals surface area contributed by atoms with Crippen molar-refractivity contribution >= 4 is 23.4 Å². The number of carbonyl (C=O) groups is 1. The highest BCUT2D eigenvalue weighted by molar-refractivity contribution is 7.99. The molecule has 1 aliphatic carbocycles. The summed E-state index contributed by atoms with van der Waals surface area (Å²) < 4.78 is 1.35. The van der Waals surface area contributed by atoms with Gasteiger partial charge in [0.2, 0.25) is 11.1 Å². The van der Waals surface area contributed by atoms with Gasteiger partial charge in [-0.25, -0.2) is 4.68 Å². The van der Waals surface area contributed by atoms with Gasteiger partial charge in [-0.05, 0) is 58.1 Å². The van der Waals surface area contributed by atoms with Crippen molar-refractivity contribution in [1.82, 2.24) is 20.2 Å². The summed E-state index contributed by atoms with van der Waals surface area (Å²) in [5.74, 6) is -0.538. The number of rotatable bonds is 8. The van der Waals surface area contributed by atoms with E-state index in [9.17, 15) is 25.3 Å². The number of nitro groups is 1. The summed E-state index contributed by atoms with van der Waals surface area (Å²) >= 11 is 1.01. The van der Waals surface area contributed by atoms with Crippen LogP contribution in [-0.4, -0.2) is 42.8 Å². The van der Waals surface area contributed by atoms with Crippen LogP contribution in [0.3, 0.4) is 0 Å². The summed E-state index contributed by atoms with van der Waals surface area (Å²) in [6, 6.07) is 10.1. The number of hydrogen-bond donors (Lipinski definition) is 2. The Morgan fingerprint density at radius 2 is 2.09 bits per heavy atom. The van der Waals surface area contributed by atoms with E-state index in [1.807, 2.05) is 6.07 Å². The molecule has 4 rings (SSSR count). The summed E-state index contributed by atoms with van der Waals surface area (Å²) in [6.07, 6.45) is 4.28. The summed E-state index contributed by atoms with van der Waals surface area (Å²) in [4.78, 5) is 23.6. The molecule has 0 bridgehead atoms. The van der Waals surface area contributed by atoms with Crippen LogP contribution >= 0.6 is 11.8 Å². The first kappa shape index (κ1) is 23.3. The van der Waals surface area contributed by atoms with Gasteiger partial charge in [-0.2, -0.15) is 5.26 Å². The molecule has 12 heteroatoms. The van der Waals surface area contributed by atoms with Gasteiger partial charge in [-0.3, -0.25) is 14.9 Å². The SMILES string of the molecule is N#Cc1cc(-c2cc([N+](=O)[O-])cc(C(N)=O)c2Sc2nnnn2CCO)ccc1C1CCCC1. The van der Waals surface area contributed by atoms with Gasteiger partial charge < -0.3 is 10.8 Å². The zero-order valence-electron chi connectivity index (χ0n) is 18.0.